The van der Waals surface area contributed by atoms with E-state index in [9.17, 15) is 18.4 Å². The number of halogens is 2. The smallest absolute Gasteiger partial charge is 0.387 e. The fourth-order valence-electron chi connectivity index (χ4n) is 2.37. The summed E-state index contributed by atoms with van der Waals surface area (Å²) in [5.41, 5.74) is 5.56. The second-order valence-corrected chi connectivity index (χ2v) is 4.47. The van der Waals surface area contributed by atoms with Crippen molar-refractivity contribution in [3.63, 3.8) is 0 Å². The molecule has 0 saturated heterocycles. The number of carbonyl (C=O) groups is 2. The van der Waals surface area contributed by atoms with Crippen molar-refractivity contribution in [2.45, 2.75) is 25.4 Å². The molecule has 1 saturated carbocycles. The predicted molar refractivity (Wildman–Crippen MR) is 62.7 cm³/mol. The number of ketones is 1. The second kappa shape index (κ2) is 5.34. The average Bonchev–Trinajstić information content (AvgIpc) is 2.71. The summed E-state index contributed by atoms with van der Waals surface area (Å²) in [7, 11) is 0. The highest BCUT2D eigenvalue weighted by Gasteiger charge is 2.37. The number of rotatable bonds is 4. The molecule has 4 nitrogen and oxygen atoms in total. The molecule has 1 aromatic carbocycles. The highest BCUT2D eigenvalue weighted by Crippen LogP contribution is 2.39. The molecule has 1 amide bonds. The van der Waals surface area contributed by atoms with Gasteiger partial charge in [0.1, 0.15) is 11.5 Å². The van der Waals surface area contributed by atoms with E-state index in [1.807, 2.05) is 0 Å². The van der Waals surface area contributed by atoms with Crippen LogP contribution in [0.4, 0.5) is 8.78 Å². The zero-order valence-electron chi connectivity index (χ0n) is 10.0. The van der Waals surface area contributed by atoms with Crippen LogP contribution in [-0.2, 0) is 9.59 Å². The van der Waals surface area contributed by atoms with Crippen LogP contribution >= 0.6 is 0 Å². The zero-order valence-corrected chi connectivity index (χ0v) is 10.0. The van der Waals surface area contributed by atoms with Gasteiger partial charge in [-0.25, -0.2) is 0 Å². The molecule has 19 heavy (non-hydrogen) atoms. The largest absolute Gasteiger partial charge is 0.435 e. The number of hydrogen-bond donors (Lipinski definition) is 1. The van der Waals surface area contributed by atoms with Crippen molar-refractivity contribution in [2.24, 2.45) is 11.7 Å². The van der Waals surface area contributed by atoms with Gasteiger partial charge < -0.3 is 10.5 Å². The van der Waals surface area contributed by atoms with Gasteiger partial charge in [0, 0.05) is 23.8 Å². The Labute approximate surface area is 108 Å². The van der Waals surface area contributed by atoms with Crippen molar-refractivity contribution in [1.82, 2.24) is 0 Å². The third-order valence-corrected chi connectivity index (χ3v) is 3.27. The van der Waals surface area contributed by atoms with Gasteiger partial charge in [0.05, 0.1) is 0 Å². The molecule has 1 aliphatic rings. The number of benzene rings is 1. The van der Waals surface area contributed by atoms with E-state index in [2.05, 4.69) is 4.74 Å². The molecule has 0 aliphatic heterocycles. The minimum absolute atomic E-state index is 0.0269. The minimum atomic E-state index is -2.95. The van der Waals surface area contributed by atoms with Gasteiger partial charge in [-0.1, -0.05) is 18.2 Å². The van der Waals surface area contributed by atoms with Gasteiger partial charge in [0.15, 0.2) is 0 Å². The highest BCUT2D eigenvalue weighted by molar-refractivity contribution is 5.94. The molecule has 1 aliphatic carbocycles. The van der Waals surface area contributed by atoms with Crippen LogP contribution in [-0.4, -0.2) is 18.3 Å². The fourth-order valence-corrected chi connectivity index (χ4v) is 2.37. The zero-order chi connectivity index (χ0) is 14.0. The molecule has 0 aromatic heterocycles. The molecule has 6 heteroatoms. The minimum Gasteiger partial charge on any atom is -0.435 e. The fraction of sp³-hybridized carbons (Fsp3) is 0.385. The molecule has 2 N–H and O–H groups in total. The van der Waals surface area contributed by atoms with Crippen LogP contribution in [0, 0.1) is 5.92 Å². The summed E-state index contributed by atoms with van der Waals surface area (Å²) in [5.74, 6) is -1.87. The van der Waals surface area contributed by atoms with E-state index in [1.54, 1.807) is 18.2 Å². The Morgan fingerprint density at radius 2 is 2.05 bits per heavy atom. The molecule has 2 rings (SSSR count). The van der Waals surface area contributed by atoms with Crippen molar-refractivity contribution in [3.05, 3.63) is 29.8 Å². The number of alkyl halides is 2. The maximum atomic E-state index is 12.3. The lowest BCUT2D eigenvalue weighted by molar-refractivity contribution is -0.124. The number of hydrogen-bond acceptors (Lipinski definition) is 3. The standard InChI is InChI=1S/C13H13F2NO3/c14-13(15)19-11-4-2-1-3-8(11)9-5-7(12(16)18)6-10(9)17/h1-4,7,9,13H,5-6H2,(H2,16,18)/t7-,9+/m1/s1. The monoisotopic (exact) mass is 269 g/mol. The van der Waals surface area contributed by atoms with E-state index in [-0.39, 0.29) is 24.4 Å². The molecular formula is C13H13F2NO3. The summed E-state index contributed by atoms with van der Waals surface area (Å²) in [6, 6.07) is 6.13. The molecule has 0 spiro atoms. The normalized spacial score (nSPS) is 22.8. The number of primary amides is 1. The Bertz CT molecular complexity index is 504. The van der Waals surface area contributed by atoms with E-state index in [4.69, 9.17) is 5.73 Å². The predicted octanol–water partition coefficient (Wildman–Crippen LogP) is 1.84. The number of ether oxygens (including phenoxy) is 1. The quantitative estimate of drug-likeness (QED) is 0.906. The van der Waals surface area contributed by atoms with Crippen molar-refractivity contribution >= 4 is 11.7 Å². The van der Waals surface area contributed by atoms with Gasteiger partial charge in [0.2, 0.25) is 5.91 Å². The number of amides is 1. The summed E-state index contributed by atoms with van der Waals surface area (Å²) in [6.45, 7) is -2.95. The number of para-hydroxylation sites is 1. The Morgan fingerprint density at radius 1 is 1.37 bits per heavy atom. The van der Waals surface area contributed by atoms with Crippen molar-refractivity contribution < 1.29 is 23.1 Å². The van der Waals surface area contributed by atoms with Gasteiger partial charge in [-0.2, -0.15) is 8.78 Å². The maximum Gasteiger partial charge on any atom is 0.387 e. The highest BCUT2D eigenvalue weighted by atomic mass is 19.3. The van der Waals surface area contributed by atoms with Crippen LogP contribution in [0.15, 0.2) is 24.3 Å². The third-order valence-electron chi connectivity index (χ3n) is 3.27. The molecule has 0 unspecified atom stereocenters. The Kier molecular flexibility index (Phi) is 3.78. The topological polar surface area (TPSA) is 69.4 Å². The van der Waals surface area contributed by atoms with Crippen molar-refractivity contribution in [3.8, 4) is 5.75 Å². The summed E-state index contributed by atoms with van der Waals surface area (Å²) < 4.78 is 29.0. The Hall–Kier alpha value is -1.98. The van der Waals surface area contributed by atoms with Gasteiger partial charge >= 0.3 is 6.61 Å². The molecule has 0 radical (unpaired) electrons. The molecule has 0 heterocycles. The van der Waals surface area contributed by atoms with Gasteiger partial charge in [-0.05, 0) is 12.5 Å². The lowest BCUT2D eigenvalue weighted by atomic mass is 9.94. The number of carbonyl (C=O) groups excluding carboxylic acids is 2. The van der Waals surface area contributed by atoms with Crippen molar-refractivity contribution in [2.75, 3.05) is 0 Å². The van der Waals surface area contributed by atoms with E-state index in [0.717, 1.165) is 0 Å². The lowest BCUT2D eigenvalue weighted by Gasteiger charge is -2.14. The van der Waals surface area contributed by atoms with E-state index >= 15 is 0 Å². The summed E-state index contributed by atoms with van der Waals surface area (Å²) >= 11 is 0. The molecule has 1 fully saturated rings. The van der Waals surface area contributed by atoms with Crippen LogP contribution in [0.1, 0.15) is 24.3 Å². The van der Waals surface area contributed by atoms with Crippen LogP contribution in [0.5, 0.6) is 5.75 Å². The molecular weight excluding hydrogens is 256 g/mol. The Morgan fingerprint density at radius 3 is 2.63 bits per heavy atom. The summed E-state index contributed by atoms with van der Waals surface area (Å²) in [6.07, 6.45) is 0.306. The van der Waals surface area contributed by atoms with Gasteiger partial charge in [-0.3, -0.25) is 9.59 Å². The first-order valence-electron chi connectivity index (χ1n) is 5.84. The second-order valence-electron chi connectivity index (χ2n) is 4.47. The van der Waals surface area contributed by atoms with E-state index < -0.39 is 24.4 Å². The van der Waals surface area contributed by atoms with Gasteiger partial charge in [0.25, 0.3) is 0 Å². The SMILES string of the molecule is NC(=O)[C@H]1CC(=O)[C@H](c2ccccc2OC(F)F)C1. The summed E-state index contributed by atoms with van der Waals surface area (Å²) in [4.78, 5) is 23.0. The first-order chi connectivity index (χ1) is 8.99. The van der Waals surface area contributed by atoms with E-state index in [1.165, 1.54) is 6.07 Å². The first-order valence-corrected chi connectivity index (χ1v) is 5.84. The van der Waals surface area contributed by atoms with Crippen molar-refractivity contribution in [1.29, 1.82) is 0 Å². The third kappa shape index (κ3) is 2.89. The van der Waals surface area contributed by atoms with Crippen LogP contribution in [0.2, 0.25) is 0 Å². The number of nitrogens with two attached hydrogens (primary N) is 1. The van der Waals surface area contributed by atoms with Crippen LogP contribution in [0.25, 0.3) is 0 Å². The first kappa shape index (κ1) is 13.5. The molecule has 0 bridgehead atoms. The Balaban J connectivity index is 2.27. The van der Waals surface area contributed by atoms with Crippen LogP contribution < -0.4 is 10.5 Å². The average molecular weight is 269 g/mol. The summed E-state index contributed by atoms with van der Waals surface area (Å²) in [5, 5.41) is 0. The molecule has 2 atom stereocenters. The molecule has 1 aromatic rings. The molecule has 102 valence electrons. The number of Topliss-reactive ketones (excluding diaryl/α,β-unsaturated/α-hetero) is 1. The van der Waals surface area contributed by atoms with Gasteiger partial charge in [-0.15, -0.1) is 0 Å². The van der Waals surface area contributed by atoms with Crippen LogP contribution in [0.3, 0.4) is 0 Å². The lowest BCUT2D eigenvalue weighted by Crippen LogP contribution is -2.20. The maximum absolute atomic E-state index is 12.3. The van der Waals surface area contributed by atoms with E-state index in [0.29, 0.717) is 5.56 Å².